The normalized spacial score (nSPS) is 20.9. The lowest BCUT2D eigenvalue weighted by Crippen LogP contribution is -2.39. The van der Waals surface area contributed by atoms with Crippen LogP contribution in [0.1, 0.15) is 66.7 Å². The second-order valence-electron chi connectivity index (χ2n) is 8.78. The first kappa shape index (κ1) is 23.1. The highest BCUT2D eigenvalue weighted by atomic mass is 16.7. The zero-order chi connectivity index (χ0) is 23.0. The SMILES string of the molecule is C#Cc1ccc([C@H]2C=C(C(=O)NC3CCCCC3)O[C@@H](OCc3ccc(CO)cc3)C2)cc1. The van der Waals surface area contributed by atoms with Crippen LogP contribution in [0.15, 0.2) is 60.4 Å². The Morgan fingerprint density at radius 2 is 1.76 bits per heavy atom. The first-order valence-corrected chi connectivity index (χ1v) is 11.7. The van der Waals surface area contributed by atoms with Gasteiger partial charge in [0.25, 0.3) is 5.91 Å². The molecule has 0 bridgehead atoms. The van der Waals surface area contributed by atoms with E-state index in [-0.39, 0.29) is 24.5 Å². The fraction of sp³-hybridized carbons (Fsp3) is 0.393. The molecule has 0 spiro atoms. The molecule has 1 amide bonds. The van der Waals surface area contributed by atoms with E-state index in [9.17, 15) is 9.90 Å². The van der Waals surface area contributed by atoms with Crippen LogP contribution in [-0.2, 0) is 27.5 Å². The molecule has 0 aromatic heterocycles. The summed E-state index contributed by atoms with van der Waals surface area (Å²) in [5.41, 5.74) is 3.73. The van der Waals surface area contributed by atoms with Gasteiger partial charge in [0.05, 0.1) is 13.2 Å². The number of ether oxygens (including phenoxy) is 2. The molecule has 0 unspecified atom stereocenters. The van der Waals surface area contributed by atoms with Gasteiger partial charge in [0.1, 0.15) is 0 Å². The van der Waals surface area contributed by atoms with Gasteiger partial charge in [-0.2, -0.15) is 0 Å². The van der Waals surface area contributed by atoms with Crippen molar-refractivity contribution in [2.75, 3.05) is 0 Å². The summed E-state index contributed by atoms with van der Waals surface area (Å²) in [5.74, 6) is 2.77. The number of aliphatic hydroxyl groups is 1. The summed E-state index contributed by atoms with van der Waals surface area (Å²) in [7, 11) is 0. The van der Waals surface area contributed by atoms with Crippen LogP contribution in [0.25, 0.3) is 0 Å². The van der Waals surface area contributed by atoms with Crippen LogP contribution in [0.3, 0.4) is 0 Å². The zero-order valence-electron chi connectivity index (χ0n) is 18.8. The Hall–Kier alpha value is -3.07. The van der Waals surface area contributed by atoms with Gasteiger partial charge in [-0.3, -0.25) is 4.79 Å². The molecule has 4 rings (SSSR count). The lowest BCUT2D eigenvalue weighted by Gasteiger charge is -2.30. The lowest BCUT2D eigenvalue weighted by atomic mass is 9.92. The largest absolute Gasteiger partial charge is 0.459 e. The van der Waals surface area contributed by atoms with E-state index in [1.165, 1.54) is 6.42 Å². The van der Waals surface area contributed by atoms with Crippen LogP contribution in [0.5, 0.6) is 0 Å². The molecule has 2 atom stereocenters. The van der Waals surface area contributed by atoms with Gasteiger partial charge in [-0.05, 0) is 47.7 Å². The third-order valence-corrected chi connectivity index (χ3v) is 6.37. The number of hydrogen-bond donors (Lipinski definition) is 2. The number of nitrogens with one attached hydrogen (secondary N) is 1. The monoisotopic (exact) mass is 445 g/mol. The van der Waals surface area contributed by atoms with Crippen molar-refractivity contribution >= 4 is 5.91 Å². The Bertz CT molecular complexity index is 998. The second-order valence-corrected chi connectivity index (χ2v) is 8.78. The quantitative estimate of drug-likeness (QED) is 0.614. The summed E-state index contributed by atoms with van der Waals surface area (Å²) in [6, 6.07) is 15.6. The number of carbonyl (C=O) groups is 1. The molecule has 2 N–H and O–H groups in total. The highest BCUT2D eigenvalue weighted by molar-refractivity contribution is 5.92. The molecular formula is C28H31NO4. The van der Waals surface area contributed by atoms with Gasteiger partial charge in [-0.1, -0.05) is 61.6 Å². The van der Waals surface area contributed by atoms with Crippen LogP contribution >= 0.6 is 0 Å². The predicted molar refractivity (Wildman–Crippen MR) is 127 cm³/mol. The fourth-order valence-corrected chi connectivity index (χ4v) is 4.41. The van der Waals surface area contributed by atoms with E-state index >= 15 is 0 Å². The van der Waals surface area contributed by atoms with Crippen LogP contribution < -0.4 is 5.32 Å². The molecule has 1 fully saturated rings. The van der Waals surface area contributed by atoms with Crippen LogP contribution in [0.4, 0.5) is 0 Å². The topological polar surface area (TPSA) is 67.8 Å². The Balaban J connectivity index is 1.47. The Morgan fingerprint density at radius 1 is 1.06 bits per heavy atom. The summed E-state index contributed by atoms with van der Waals surface area (Å²) < 4.78 is 12.1. The maximum absolute atomic E-state index is 13.0. The number of benzene rings is 2. The van der Waals surface area contributed by atoms with Crippen molar-refractivity contribution in [3.8, 4) is 12.3 Å². The van der Waals surface area contributed by atoms with E-state index < -0.39 is 6.29 Å². The zero-order valence-corrected chi connectivity index (χ0v) is 18.8. The van der Waals surface area contributed by atoms with Gasteiger partial charge in [0.2, 0.25) is 6.29 Å². The molecule has 0 saturated heterocycles. The van der Waals surface area contributed by atoms with Gasteiger partial charge in [0, 0.05) is 23.9 Å². The number of rotatable bonds is 7. The van der Waals surface area contributed by atoms with E-state index in [4.69, 9.17) is 15.9 Å². The minimum Gasteiger partial charge on any atom is -0.459 e. The van der Waals surface area contributed by atoms with Crippen molar-refractivity contribution in [1.29, 1.82) is 0 Å². The van der Waals surface area contributed by atoms with Gasteiger partial charge in [-0.15, -0.1) is 6.42 Å². The number of terminal acetylenes is 1. The lowest BCUT2D eigenvalue weighted by molar-refractivity contribution is -0.150. The molecule has 2 aliphatic rings. The van der Waals surface area contributed by atoms with E-state index in [2.05, 4.69) is 11.2 Å². The van der Waals surface area contributed by atoms with Crippen molar-refractivity contribution < 1.29 is 19.4 Å². The van der Waals surface area contributed by atoms with Crippen molar-refractivity contribution in [2.45, 2.75) is 70.0 Å². The van der Waals surface area contributed by atoms with E-state index in [1.807, 2.05) is 54.6 Å². The molecule has 0 radical (unpaired) electrons. The van der Waals surface area contributed by atoms with Crippen molar-refractivity contribution in [3.63, 3.8) is 0 Å². The van der Waals surface area contributed by atoms with Crippen LogP contribution in [0, 0.1) is 12.3 Å². The van der Waals surface area contributed by atoms with Gasteiger partial charge in [-0.25, -0.2) is 0 Å². The maximum atomic E-state index is 13.0. The maximum Gasteiger partial charge on any atom is 0.286 e. The highest BCUT2D eigenvalue weighted by Gasteiger charge is 2.30. The molecule has 172 valence electrons. The minimum atomic E-state index is -0.545. The molecule has 5 nitrogen and oxygen atoms in total. The highest BCUT2D eigenvalue weighted by Crippen LogP contribution is 2.32. The molecule has 2 aromatic rings. The number of amides is 1. The van der Waals surface area contributed by atoms with E-state index in [0.29, 0.717) is 18.8 Å². The number of allylic oxidation sites excluding steroid dienone is 1. The average Bonchev–Trinajstić information content (AvgIpc) is 2.88. The summed E-state index contributed by atoms with van der Waals surface area (Å²) in [4.78, 5) is 13.0. The van der Waals surface area contributed by atoms with Gasteiger partial charge in [0.15, 0.2) is 5.76 Å². The molecule has 1 heterocycles. The first-order valence-electron chi connectivity index (χ1n) is 11.7. The molecule has 1 aliphatic heterocycles. The Labute approximate surface area is 195 Å². The predicted octanol–water partition coefficient (Wildman–Crippen LogP) is 4.54. The molecular weight excluding hydrogens is 414 g/mol. The van der Waals surface area contributed by atoms with Crippen LogP contribution in [-0.4, -0.2) is 23.3 Å². The number of aliphatic hydroxyl groups excluding tert-OH is 1. The van der Waals surface area contributed by atoms with Crippen molar-refractivity contribution in [2.24, 2.45) is 0 Å². The molecule has 2 aromatic carbocycles. The molecule has 1 saturated carbocycles. The summed E-state index contributed by atoms with van der Waals surface area (Å²) in [5, 5.41) is 12.4. The number of hydrogen-bond acceptors (Lipinski definition) is 4. The third kappa shape index (κ3) is 6.25. The summed E-state index contributed by atoms with van der Waals surface area (Å²) in [6.07, 6.45) is 13.0. The number of carbonyl (C=O) groups excluding carboxylic acids is 1. The van der Waals surface area contributed by atoms with Crippen molar-refractivity contribution in [1.82, 2.24) is 5.32 Å². The Morgan fingerprint density at radius 3 is 2.42 bits per heavy atom. The van der Waals surface area contributed by atoms with Gasteiger partial charge < -0.3 is 19.9 Å². The second kappa shape index (κ2) is 11.2. The molecule has 5 heteroatoms. The molecule has 33 heavy (non-hydrogen) atoms. The van der Waals surface area contributed by atoms with E-state index in [1.54, 1.807) is 0 Å². The minimum absolute atomic E-state index is 0.0112. The third-order valence-electron chi connectivity index (χ3n) is 6.37. The summed E-state index contributed by atoms with van der Waals surface area (Å²) in [6.45, 7) is 0.369. The standard InChI is InChI=1S/C28H31NO4/c1-2-20-12-14-23(15-13-20)24-16-26(28(31)29-25-6-4-3-5-7-25)33-27(17-24)32-19-22-10-8-21(18-30)9-11-22/h1,8-16,24-25,27,30H,3-7,17-19H2,(H,29,31)/t24-,27+/m0/s1. The van der Waals surface area contributed by atoms with E-state index in [0.717, 1.165) is 47.9 Å². The van der Waals surface area contributed by atoms with Crippen molar-refractivity contribution in [3.05, 3.63) is 82.6 Å². The Kier molecular flexibility index (Phi) is 7.83. The molecule has 1 aliphatic carbocycles. The fourth-order valence-electron chi connectivity index (χ4n) is 4.41. The smallest absolute Gasteiger partial charge is 0.286 e. The van der Waals surface area contributed by atoms with Gasteiger partial charge >= 0.3 is 0 Å². The summed E-state index contributed by atoms with van der Waals surface area (Å²) >= 11 is 0. The van der Waals surface area contributed by atoms with Crippen LogP contribution in [0.2, 0.25) is 0 Å². The first-order chi connectivity index (χ1) is 16.1. The average molecular weight is 446 g/mol.